The lowest BCUT2D eigenvalue weighted by Gasteiger charge is -2.21. The predicted molar refractivity (Wildman–Crippen MR) is 103 cm³/mol. The summed E-state index contributed by atoms with van der Waals surface area (Å²) >= 11 is 3.45. The topological polar surface area (TPSA) is 70.2 Å². The molecule has 28 heavy (non-hydrogen) atoms. The Morgan fingerprint density at radius 1 is 1.04 bits per heavy atom. The van der Waals surface area contributed by atoms with Gasteiger partial charge in [-0.1, -0.05) is 34.1 Å². The van der Waals surface area contributed by atoms with Crippen LogP contribution in [0.5, 0.6) is 0 Å². The van der Waals surface area contributed by atoms with Crippen molar-refractivity contribution in [2.75, 3.05) is 11.9 Å². The highest BCUT2D eigenvalue weighted by Gasteiger charge is 2.19. The number of carbonyl (C=O) groups excluding carboxylic acids is 2. The summed E-state index contributed by atoms with van der Waals surface area (Å²) in [6.45, 7) is 3.07. The molecule has 0 spiro atoms. The van der Waals surface area contributed by atoms with Gasteiger partial charge in [-0.3, -0.25) is 14.9 Å². The molecular formula is C19H19BrF3N3O2. The van der Waals surface area contributed by atoms with E-state index in [1.165, 1.54) is 0 Å². The molecule has 2 rings (SSSR count). The zero-order valence-corrected chi connectivity index (χ0v) is 16.7. The normalized spacial score (nSPS) is 12.9. The van der Waals surface area contributed by atoms with Crippen LogP contribution in [0.25, 0.3) is 0 Å². The summed E-state index contributed by atoms with van der Waals surface area (Å²) in [5.41, 5.74) is 0.459. The SMILES string of the molecule is C[C@@H](N[C@H](C)c1ccccc1Br)C(=O)NCC(=O)Nc1ccc(F)c(F)c1F. The minimum Gasteiger partial charge on any atom is -0.346 e. The molecule has 0 aliphatic heterocycles. The molecule has 2 aromatic rings. The third-order valence-corrected chi connectivity index (χ3v) is 4.72. The molecule has 0 saturated heterocycles. The van der Waals surface area contributed by atoms with Crippen molar-refractivity contribution in [3.05, 3.63) is 63.9 Å². The van der Waals surface area contributed by atoms with Crippen molar-refractivity contribution in [1.29, 1.82) is 0 Å². The summed E-state index contributed by atoms with van der Waals surface area (Å²) in [7, 11) is 0. The van der Waals surface area contributed by atoms with Crippen LogP contribution in [-0.2, 0) is 9.59 Å². The van der Waals surface area contributed by atoms with Gasteiger partial charge in [-0.2, -0.15) is 0 Å². The number of rotatable bonds is 7. The number of anilines is 1. The molecule has 0 aromatic heterocycles. The quantitative estimate of drug-likeness (QED) is 0.555. The summed E-state index contributed by atoms with van der Waals surface area (Å²) in [5, 5.41) is 7.60. The molecule has 5 nitrogen and oxygen atoms in total. The maximum Gasteiger partial charge on any atom is 0.243 e. The Morgan fingerprint density at radius 3 is 2.39 bits per heavy atom. The summed E-state index contributed by atoms with van der Waals surface area (Å²) in [6, 6.07) is 8.40. The zero-order valence-electron chi connectivity index (χ0n) is 15.2. The molecule has 0 radical (unpaired) electrons. The van der Waals surface area contributed by atoms with Crippen molar-refractivity contribution in [3.63, 3.8) is 0 Å². The lowest BCUT2D eigenvalue weighted by Crippen LogP contribution is -2.45. The van der Waals surface area contributed by atoms with Crippen LogP contribution < -0.4 is 16.0 Å². The lowest BCUT2D eigenvalue weighted by atomic mass is 10.1. The van der Waals surface area contributed by atoms with Crippen LogP contribution in [0.1, 0.15) is 25.5 Å². The second-order valence-corrected chi connectivity index (χ2v) is 6.97. The van der Waals surface area contributed by atoms with Crippen LogP contribution in [0, 0.1) is 17.5 Å². The smallest absolute Gasteiger partial charge is 0.243 e. The molecule has 0 aliphatic carbocycles. The molecule has 0 unspecified atom stereocenters. The van der Waals surface area contributed by atoms with Crippen LogP contribution in [0.3, 0.4) is 0 Å². The van der Waals surface area contributed by atoms with Crippen LogP contribution in [-0.4, -0.2) is 24.4 Å². The second kappa shape index (κ2) is 9.70. The Kier molecular flexibility index (Phi) is 7.59. The van der Waals surface area contributed by atoms with Crippen molar-refractivity contribution in [2.45, 2.75) is 25.9 Å². The van der Waals surface area contributed by atoms with Crippen molar-refractivity contribution in [2.24, 2.45) is 0 Å². The molecule has 0 aliphatic rings. The Hall–Kier alpha value is -2.39. The molecule has 0 heterocycles. The van der Waals surface area contributed by atoms with Crippen molar-refractivity contribution >= 4 is 33.4 Å². The lowest BCUT2D eigenvalue weighted by molar-refractivity contribution is -0.125. The highest BCUT2D eigenvalue weighted by Crippen LogP contribution is 2.23. The van der Waals surface area contributed by atoms with Crippen LogP contribution >= 0.6 is 15.9 Å². The molecule has 3 N–H and O–H groups in total. The van der Waals surface area contributed by atoms with E-state index in [0.29, 0.717) is 6.07 Å². The Morgan fingerprint density at radius 2 is 1.71 bits per heavy atom. The first-order valence-corrected chi connectivity index (χ1v) is 9.21. The molecule has 150 valence electrons. The Balaban J connectivity index is 1.86. The summed E-state index contributed by atoms with van der Waals surface area (Å²) < 4.78 is 40.5. The third-order valence-electron chi connectivity index (χ3n) is 4.00. The van der Waals surface area contributed by atoms with Gasteiger partial charge in [-0.25, -0.2) is 13.2 Å². The van der Waals surface area contributed by atoms with E-state index in [4.69, 9.17) is 0 Å². The average molecular weight is 458 g/mol. The first-order chi connectivity index (χ1) is 13.2. The molecular weight excluding hydrogens is 439 g/mol. The minimum absolute atomic E-state index is 0.138. The highest BCUT2D eigenvalue weighted by molar-refractivity contribution is 9.10. The van der Waals surface area contributed by atoms with E-state index < -0.39 is 47.5 Å². The Bertz CT molecular complexity index is 879. The third kappa shape index (κ3) is 5.56. The number of hydrogen-bond donors (Lipinski definition) is 3. The highest BCUT2D eigenvalue weighted by atomic mass is 79.9. The van der Waals surface area contributed by atoms with Gasteiger partial charge in [0.1, 0.15) is 0 Å². The second-order valence-electron chi connectivity index (χ2n) is 6.12. The Labute approximate surface area is 168 Å². The van der Waals surface area contributed by atoms with Gasteiger partial charge >= 0.3 is 0 Å². The van der Waals surface area contributed by atoms with E-state index in [-0.39, 0.29) is 6.04 Å². The summed E-state index contributed by atoms with van der Waals surface area (Å²) in [6.07, 6.45) is 0. The molecule has 0 bridgehead atoms. The largest absolute Gasteiger partial charge is 0.346 e. The number of hydrogen-bond acceptors (Lipinski definition) is 3. The van der Waals surface area contributed by atoms with E-state index in [1.807, 2.05) is 31.2 Å². The predicted octanol–water partition coefficient (Wildman–Crippen LogP) is 3.66. The fourth-order valence-corrected chi connectivity index (χ4v) is 3.13. The monoisotopic (exact) mass is 457 g/mol. The average Bonchev–Trinajstić information content (AvgIpc) is 2.66. The van der Waals surface area contributed by atoms with Gasteiger partial charge in [0.2, 0.25) is 11.8 Å². The number of carbonyl (C=O) groups is 2. The molecule has 2 amide bonds. The fourth-order valence-electron chi connectivity index (χ4n) is 2.50. The summed E-state index contributed by atoms with van der Waals surface area (Å²) in [4.78, 5) is 24.0. The molecule has 0 fully saturated rings. The van der Waals surface area contributed by atoms with Gasteiger partial charge in [0, 0.05) is 10.5 Å². The van der Waals surface area contributed by atoms with Crippen molar-refractivity contribution < 1.29 is 22.8 Å². The fraction of sp³-hybridized carbons (Fsp3) is 0.263. The number of halogens is 4. The van der Waals surface area contributed by atoms with E-state index >= 15 is 0 Å². The maximum atomic E-state index is 13.6. The van der Waals surface area contributed by atoms with Gasteiger partial charge < -0.3 is 10.6 Å². The maximum absolute atomic E-state index is 13.6. The van der Waals surface area contributed by atoms with Crippen LogP contribution in [0.15, 0.2) is 40.9 Å². The van der Waals surface area contributed by atoms with E-state index in [2.05, 4.69) is 31.9 Å². The van der Waals surface area contributed by atoms with Gasteiger partial charge in [0.25, 0.3) is 0 Å². The van der Waals surface area contributed by atoms with Crippen molar-refractivity contribution in [1.82, 2.24) is 10.6 Å². The number of nitrogens with one attached hydrogen (secondary N) is 3. The minimum atomic E-state index is -1.68. The van der Waals surface area contributed by atoms with Crippen LogP contribution in [0.2, 0.25) is 0 Å². The van der Waals surface area contributed by atoms with E-state index in [1.54, 1.807) is 6.92 Å². The zero-order chi connectivity index (χ0) is 20.8. The number of benzene rings is 2. The molecule has 2 atom stereocenters. The van der Waals surface area contributed by atoms with Crippen molar-refractivity contribution in [3.8, 4) is 0 Å². The van der Waals surface area contributed by atoms with Gasteiger partial charge in [-0.05, 0) is 37.6 Å². The molecule has 9 heteroatoms. The molecule has 0 saturated carbocycles. The standard InChI is InChI=1S/C19H19BrF3N3O2/c1-10(12-5-3-4-6-13(12)20)25-11(2)19(28)24-9-16(27)26-15-8-7-14(21)17(22)18(15)23/h3-8,10-11,25H,9H2,1-2H3,(H,24,28)(H,26,27)/t10-,11-/m1/s1. The molecule has 2 aromatic carbocycles. The van der Waals surface area contributed by atoms with Gasteiger partial charge in [-0.15, -0.1) is 0 Å². The van der Waals surface area contributed by atoms with Gasteiger partial charge in [0.15, 0.2) is 17.5 Å². The first kappa shape index (κ1) is 21.9. The first-order valence-electron chi connectivity index (χ1n) is 8.42. The van der Waals surface area contributed by atoms with Gasteiger partial charge in [0.05, 0.1) is 18.3 Å². The summed E-state index contributed by atoms with van der Waals surface area (Å²) in [5.74, 6) is -5.76. The van der Waals surface area contributed by atoms with E-state index in [0.717, 1.165) is 16.1 Å². The van der Waals surface area contributed by atoms with E-state index in [9.17, 15) is 22.8 Å². The van der Waals surface area contributed by atoms with Crippen LogP contribution in [0.4, 0.5) is 18.9 Å². The number of amides is 2.